The van der Waals surface area contributed by atoms with Crippen molar-refractivity contribution in [2.24, 2.45) is 5.73 Å². The molecule has 0 unspecified atom stereocenters. The SMILES string of the molecule is CCCCCCCCOC(=O)CN. The molecule has 78 valence electrons. The molecule has 3 nitrogen and oxygen atoms in total. The first-order chi connectivity index (χ1) is 6.31. The van der Waals surface area contributed by atoms with Gasteiger partial charge in [0.15, 0.2) is 0 Å². The lowest BCUT2D eigenvalue weighted by molar-refractivity contribution is -0.142. The Kier molecular flexibility index (Phi) is 9.10. The molecule has 0 atom stereocenters. The minimum absolute atomic E-state index is 0.00413. The van der Waals surface area contributed by atoms with Crippen LogP contribution in [0.5, 0.6) is 0 Å². The molecule has 0 aromatic rings. The standard InChI is InChI=1S/C10H21NO2/c1-2-3-4-5-6-7-8-13-10(12)9-11/h2-9,11H2,1H3. The Labute approximate surface area is 80.6 Å². The van der Waals surface area contributed by atoms with E-state index in [1.165, 1.54) is 25.7 Å². The van der Waals surface area contributed by atoms with Gasteiger partial charge in [-0.05, 0) is 6.42 Å². The molecule has 13 heavy (non-hydrogen) atoms. The van der Waals surface area contributed by atoms with E-state index in [1.54, 1.807) is 0 Å². The number of hydrogen-bond acceptors (Lipinski definition) is 3. The molecule has 0 aliphatic carbocycles. The summed E-state index contributed by atoms with van der Waals surface area (Å²) in [5.74, 6) is -0.298. The van der Waals surface area contributed by atoms with Gasteiger partial charge in [-0.1, -0.05) is 39.0 Å². The molecule has 0 bridgehead atoms. The molecule has 0 spiro atoms. The van der Waals surface area contributed by atoms with Crippen molar-refractivity contribution in [2.75, 3.05) is 13.2 Å². The van der Waals surface area contributed by atoms with Crippen LogP contribution in [0.15, 0.2) is 0 Å². The van der Waals surface area contributed by atoms with Crippen LogP contribution in [0, 0.1) is 0 Å². The molecule has 0 heterocycles. The van der Waals surface area contributed by atoms with Crippen molar-refractivity contribution in [3.05, 3.63) is 0 Å². The summed E-state index contributed by atoms with van der Waals surface area (Å²) in [6.45, 7) is 2.72. The zero-order valence-corrected chi connectivity index (χ0v) is 8.55. The van der Waals surface area contributed by atoms with E-state index >= 15 is 0 Å². The zero-order valence-electron chi connectivity index (χ0n) is 8.55. The molecule has 0 fully saturated rings. The van der Waals surface area contributed by atoms with Gasteiger partial charge in [-0.2, -0.15) is 0 Å². The molecule has 0 rings (SSSR count). The van der Waals surface area contributed by atoms with Crippen LogP contribution < -0.4 is 5.73 Å². The van der Waals surface area contributed by atoms with Crippen LogP contribution in [-0.2, 0) is 9.53 Å². The summed E-state index contributed by atoms with van der Waals surface area (Å²) in [4.78, 5) is 10.6. The fraction of sp³-hybridized carbons (Fsp3) is 0.900. The average Bonchev–Trinajstić information content (AvgIpc) is 2.16. The Morgan fingerprint density at radius 1 is 1.15 bits per heavy atom. The average molecular weight is 187 g/mol. The van der Waals surface area contributed by atoms with Crippen LogP contribution >= 0.6 is 0 Å². The smallest absolute Gasteiger partial charge is 0.319 e. The first-order valence-corrected chi connectivity index (χ1v) is 5.17. The Morgan fingerprint density at radius 3 is 2.38 bits per heavy atom. The van der Waals surface area contributed by atoms with Crippen molar-refractivity contribution >= 4 is 5.97 Å². The predicted molar refractivity (Wildman–Crippen MR) is 53.4 cm³/mol. The van der Waals surface area contributed by atoms with Crippen LogP contribution in [0.1, 0.15) is 45.4 Å². The summed E-state index contributed by atoms with van der Waals surface area (Å²) in [6, 6.07) is 0. The maximum absolute atomic E-state index is 10.6. The van der Waals surface area contributed by atoms with Gasteiger partial charge < -0.3 is 10.5 Å². The Hall–Kier alpha value is -0.570. The van der Waals surface area contributed by atoms with Crippen molar-refractivity contribution in [3.63, 3.8) is 0 Å². The van der Waals surface area contributed by atoms with Crippen molar-refractivity contribution in [2.45, 2.75) is 45.4 Å². The van der Waals surface area contributed by atoms with Crippen molar-refractivity contribution < 1.29 is 9.53 Å². The van der Waals surface area contributed by atoms with Crippen LogP contribution in [0.2, 0.25) is 0 Å². The van der Waals surface area contributed by atoms with Gasteiger partial charge in [0.25, 0.3) is 0 Å². The predicted octanol–water partition coefficient (Wildman–Crippen LogP) is 1.85. The molecule has 0 aromatic carbocycles. The number of carbonyl (C=O) groups excluding carboxylic acids is 1. The summed E-state index contributed by atoms with van der Waals surface area (Å²) in [7, 11) is 0. The lowest BCUT2D eigenvalue weighted by Crippen LogP contribution is -2.17. The highest BCUT2D eigenvalue weighted by Crippen LogP contribution is 2.04. The molecule has 0 aliphatic heterocycles. The Bertz CT molecular complexity index is 126. The Morgan fingerprint density at radius 2 is 1.77 bits per heavy atom. The maximum atomic E-state index is 10.6. The molecule has 0 amide bonds. The largest absolute Gasteiger partial charge is 0.465 e. The zero-order chi connectivity index (χ0) is 9.94. The quantitative estimate of drug-likeness (QED) is 0.466. The third-order valence-corrected chi connectivity index (χ3v) is 1.93. The highest BCUT2D eigenvalue weighted by Gasteiger charge is 1.96. The van der Waals surface area contributed by atoms with Gasteiger partial charge in [-0.25, -0.2) is 0 Å². The summed E-state index contributed by atoms with van der Waals surface area (Å²) < 4.78 is 4.83. The van der Waals surface area contributed by atoms with Crippen molar-refractivity contribution in [1.29, 1.82) is 0 Å². The van der Waals surface area contributed by atoms with Gasteiger partial charge in [0.05, 0.1) is 13.2 Å². The second-order valence-electron chi connectivity index (χ2n) is 3.19. The highest BCUT2D eigenvalue weighted by molar-refractivity contribution is 5.71. The van der Waals surface area contributed by atoms with E-state index in [-0.39, 0.29) is 12.5 Å². The number of esters is 1. The van der Waals surface area contributed by atoms with E-state index in [1.807, 2.05) is 0 Å². The van der Waals surface area contributed by atoms with Crippen molar-refractivity contribution in [1.82, 2.24) is 0 Å². The molecule has 2 N–H and O–H groups in total. The van der Waals surface area contributed by atoms with E-state index in [0.29, 0.717) is 6.61 Å². The fourth-order valence-corrected chi connectivity index (χ4v) is 1.13. The molecule has 0 aromatic heterocycles. The van der Waals surface area contributed by atoms with Crippen LogP contribution in [0.25, 0.3) is 0 Å². The normalized spacial score (nSPS) is 10.0. The first-order valence-electron chi connectivity index (χ1n) is 5.17. The molecule has 0 radical (unpaired) electrons. The third kappa shape index (κ3) is 9.34. The number of nitrogens with two attached hydrogens (primary N) is 1. The second kappa shape index (κ2) is 9.52. The van der Waals surface area contributed by atoms with Gasteiger partial charge in [0, 0.05) is 0 Å². The van der Waals surface area contributed by atoms with E-state index in [0.717, 1.165) is 12.8 Å². The first kappa shape index (κ1) is 12.4. The minimum atomic E-state index is -0.298. The van der Waals surface area contributed by atoms with E-state index in [2.05, 4.69) is 6.92 Å². The summed E-state index contributed by atoms with van der Waals surface area (Å²) in [6.07, 6.45) is 7.23. The summed E-state index contributed by atoms with van der Waals surface area (Å²) >= 11 is 0. The van der Waals surface area contributed by atoms with Gasteiger partial charge >= 0.3 is 5.97 Å². The number of unbranched alkanes of at least 4 members (excludes halogenated alkanes) is 5. The van der Waals surface area contributed by atoms with Gasteiger partial charge in [0.2, 0.25) is 0 Å². The number of rotatable bonds is 8. The van der Waals surface area contributed by atoms with Gasteiger partial charge in [-0.3, -0.25) is 4.79 Å². The number of carbonyl (C=O) groups is 1. The van der Waals surface area contributed by atoms with Crippen LogP contribution in [-0.4, -0.2) is 19.1 Å². The maximum Gasteiger partial charge on any atom is 0.319 e. The van der Waals surface area contributed by atoms with Crippen LogP contribution in [0.3, 0.4) is 0 Å². The molecule has 0 aliphatic rings. The highest BCUT2D eigenvalue weighted by atomic mass is 16.5. The molecule has 3 heteroatoms. The van der Waals surface area contributed by atoms with E-state index < -0.39 is 0 Å². The summed E-state index contributed by atoms with van der Waals surface area (Å²) in [5.41, 5.74) is 5.08. The lowest BCUT2D eigenvalue weighted by Gasteiger charge is -2.02. The van der Waals surface area contributed by atoms with Gasteiger partial charge in [-0.15, -0.1) is 0 Å². The van der Waals surface area contributed by atoms with Crippen molar-refractivity contribution in [3.8, 4) is 0 Å². The number of hydrogen-bond donors (Lipinski definition) is 1. The van der Waals surface area contributed by atoms with Crippen LogP contribution in [0.4, 0.5) is 0 Å². The molecular formula is C10H21NO2. The lowest BCUT2D eigenvalue weighted by atomic mass is 10.1. The minimum Gasteiger partial charge on any atom is -0.465 e. The summed E-state index contributed by atoms with van der Waals surface area (Å²) in [5, 5.41) is 0. The second-order valence-corrected chi connectivity index (χ2v) is 3.19. The molecule has 0 saturated carbocycles. The fourth-order valence-electron chi connectivity index (χ4n) is 1.13. The van der Waals surface area contributed by atoms with Gasteiger partial charge in [0.1, 0.15) is 0 Å². The monoisotopic (exact) mass is 187 g/mol. The Balaban J connectivity index is 2.95. The van der Waals surface area contributed by atoms with E-state index in [4.69, 9.17) is 10.5 Å². The molecule has 0 saturated heterocycles. The third-order valence-electron chi connectivity index (χ3n) is 1.93. The topological polar surface area (TPSA) is 52.3 Å². The molecular weight excluding hydrogens is 166 g/mol. The number of ether oxygens (including phenoxy) is 1. The van der Waals surface area contributed by atoms with E-state index in [9.17, 15) is 4.79 Å².